The summed E-state index contributed by atoms with van der Waals surface area (Å²) in [7, 11) is 0. The lowest BCUT2D eigenvalue weighted by atomic mass is 10.1. The minimum absolute atomic E-state index is 0.0137. The molecule has 3 rings (SSSR count). The fourth-order valence-electron chi connectivity index (χ4n) is 2.80. The number of hydrogen-bond acceptors (Lipinski definition) is 4. The van der Waals surface area contributed by atoms with Crippen molar-refractivity contribution in [2.75, 3.05) is 5.75 Å². The highest BCUT2D eigenvalue weighted by molar-refractivity contribution is 7.99. The third-order valence-electron chi connectivity index (χ3n) is 4.08. The Labute approximate surface area is 140 Å². The molecule has 6 heteroatoms. The van der Waals surface area contributed by atoms with Crippen molar-refractivity contribution in [1.29, 1.82) is 0 Å². The normalized spacial score (nSPS) is 15.5. The van der Waals surface area contributed by atoms with Crippen LogP contribution in [0.25, 0.3) is 0 Å². The van der Waals surface area contributed by atoms with Gasteiger partial charge in [0.15, 0.2) is 5.16 Å². The van der Waals surface area contributed by atoms with Crippen molar-refractivity contribution in [3.63, 3.8) is 0 Å². The molecule has 0 saturated carbocycles. The third-order valence-corrected chi connectivity index (χ3v) is 5.05. The Morgan fingerprint density at radius 2 is 2.09 bits per heavy atom. The highest BCUT2D eigenvalue weighted by atomic mass is 32.2. The molecule has 0 radical (unpaired) electrons. The number of fused-ring (bicyclic) bond motifs is 1. The van der Waals surface area contributed by atoms with Crippen LogP contribution >= 0.6 is 11.8 Å². The van der Waals surface area contributed by atoms with E-state index in [0.29, 0.717) is 5.75 Å². The van der Waals surface area contributed by atoms with Gasteiger partial charge in [0.2, 0.25) is 5.91 Å². The fraction of sp³-hybridized carbons (Fsp3) is 0.471. The molecule has 1 amide bonds. The van der Waals surface area contributed by atoms with E-state index in [1.54, 1.807) is 0 Å². The fourth-order valence-corrected chi connectivity index (χ4v) is 3.60. The highest BCUT2D eigenvalue weighted by Gasteiger charge is 2.16. The number of amides is 1. The van der Waals surface area contributed by atoms with Crippen LogP contribution in [0.5, 0.6) is 0 Å². The lowest BCUT2D eigenvalue weighted by Gasteiger charge is -2.14. The molecule has 1 atom stereocenters. The molecule has 1 N–H and O–H groups in total. The smallest absolute Gasteiger partial charge is 0.230 e. The maximum Gasteiger partial charge on any atom is 0.230 e. The van der Waals surface area contributed by atoms with Gasteiger partial charge in [-0.3, -0.25) is 4.79 Å². The first-order chi connectivity index (χ1) is 11.2. The first kappa shape index (κ1) is 16.1. The highest BCUT2D eigenvalue weighted by Crippen LogP contribution is 2.22. The summed E-state index contributed by atoms with van der Waals surface area (Å²) in [5, 5.41) is 12.4. The zero-order valence-corrected chi connectivity index (χ0v) is 14.2. The number of nitrogens with one attached hydrogen (secondary N) is 1. The Hall–Kier alpha value is -1.82. The van der Waals surface area contributed by atoms with Crippen LogP contribution in [-0.2, 0) is 17.8 Å². The zero-order chi connectivity index (χ0) is 16.1. The van der Waals surface area contributed by atoms with Crippen LogP contribution < -0.4 is 5.32 Å². The van der Waals surface area contributed by atoms with Gasteiger partial charge in [-0.25, -0.2) is 0 Å². The first-order valence-corrected chi connectivity index (χ1v) is 9.12. The number of carbonyl (C=O) groups excluding carboxylic acids is 1. The number of hydrogen-bond donors (Lipinski definition) is 1. The first-order valence-electron chi connectivity index (χ1n) is 8.13. The van der Waals surface area contributed by atoms with Crippen molar-refractivity contribution >= 4 is 17.7 Å². The van der Waals surface area contributed by atoms with Crippen LogP contribution in [-0.4, -0.2) is 26.4 Å². The molecule has 2 aromatic rings. The summed E-state index contributed by atoms with van der Waals surface area (Å²) >= 11 is 1.47. The number of aromatic nitrogens is 3. The summed E-state index contributed by atoms with van der Waals surface area (Å²) < 4.78 is 2.17. The Morgan fingerprint density at radius 3 is 2.91 bits per heavy atom. The van der Waals surface area contributed by atoms with Gasteiger partial charge in [-0.1, -0.05) is 48.5 Å². The van der Waals surface area contributed by atoms with E-state index in [1.165, 1.54) is 24.6 Å². The van der Waals surface area contributed by atoms with Crippen molar-refractivity contribution in [2.24, 2.45) is 0 Å². The summed E-state index contributed by atoms with van der Waals surface area (Å²) in [6.07, 6.45) is 4.57. The van der Waals surface area contributed by atoms with Crippen molar-refractivity contribution in [3.8, 4) is 0 Å². The second-order valence-corrected chi connectivity index (χ2v) is 6.79. The van der Waals surface area contributed by atoms with E-state index in [0.717, 1.165) is 35.9 Å². The van der Waals surface area contributed by atoms with E-state index in [9.17, 15) is 4.79 Å². The molecule has 1 aliphatic heterocycles. The Balaban J connectivity index is 1.54. The zero-order valence-electron chi connectivity index (χ0n) is 13.4. The Morgan fingerprint density at radius 1 is 1.26 bits per heavy atom. The van der Waals surface area contributed by atoms with Crippen LogP contribution in [0.3, 0.4) is 0 Å². The Bertz CT molecular complexity index is 656. The molecule has 0 spiro atoms. The molecule has 122 valence electrons. The van der Waals surface area contributed by atoms with Gasteiger partial charge in [0, 0.05) is 13.0 Å². The van der Waals surface area contributed by atoms with Gasteiger partial charge in [-0.2, -0.15) is 0 Å². The molecule has 1 aliphatic rings. The summed E-state index contributed by atoms with van der Waals surface area (Å²) in [6.45, 7) is 2.97. The molecular weight excluding hydrogens is 308 g/mol. The van der Waals surface area contributed by atoms with Crippen LogP contribution in [0.2, 0.25) is 0 Å². The minimum Gasteiger partial charge on any atom is -0.349 e. The number of carbonyl (C=O) groups is 1. The van der Waals surface area contributed by atoms with E-state index in [4.69, 9.17) is 0 Å². The molecule has 0 aliphatic carbocycles. The van der Waals surface area contributed by atoms with E-state index >= 15 is 0 Å². The van der Waals surface area contributed by atoms with Gasteiger partial charge in [0.25, 0.3) is 0 Å². The average molecular weight is 330 g/mol. The van der Waals surface area contributed by atoms with Crippen LogP contribution in [0.15, 0.2) is 35.5 Å². The van der Waals surface area contributed by atoms with Crippen LogP contribution in [0.1, 0.15) is 43.6 Å². The van der Waals surface area contributed by atoms with Gasteiger partial charge >= 0.3 is 0 Å². The molecule has 5 nitrogen and oxygen atoms in total. The lowest BCUT2D eigenvalue weighted by molar-refractivity contribution is -0.119. The number of nitrogens with zero attached hydrogens (tertiary/aromatic N) is 3. The predicted molar refractivity (Wildman–Crippen MR) is 91.3 cm³/mol. The summed E-state index contributed by atoms with van der Waals surface area (Å²) in [5.41, 5.74) is 1.11. The SMILES string of the molecule is C[C@H](NC(=O)CSc1nnc2n1CCCCC2)c1ccccc1. The van der Waals surface area contributed by atoms with Gasteiger partial charge in [-0.15, -0.1) is 10.2 Å². The second kappa shape index (κ2) is 7.64. The second-order valence-electron chi connectivity index (χ2n) is 5.85. The standard InChI is InChI=1S/C17H22N4OS/c1-13(14-8-4-2-5-9-14)18-16(22)12-23-17-20-19-15-10-6-3-7-11-21(15)17/h2,4-5,8-9,13H,3,6-7,10-12H2,1H3,(H,18,22)/t13-/m0/s1. The van der Waals surface area contributed by atoms with E-state index in [1.807, 2.05) is 37.3 Å². The van der Waals surface area contributed by atoms with E-state index in [2.05, 4.69) is 20.1 Å². The van der Waals surface area contributed by atoms with Gasteiger partial charge in [0.1, 0.15) is 5.82 Å². The molecule has 2 heterocycles. The van der Waals surface area contributed by atoms with Gasteiger partial charge < -0.3 is 9.88 Å². The molecule has 0 bridgehead atoms. The number of aryl methyl sites for hydroxylation is 1. The largest absolute Gasteiger partial charge is 0.349 e. The molecule has 0 saturated heterocycles. The van der Waals surface area contributed by atoms with E-state index < -0.39 is 0 Å². The van der Waals surface area contributed by atoms with Crippen molar-refractivity contribution < 1.29 is 4.79 Å². The maximum absolute atomic E-state index is 12.2. The van der Waals surface area contributed by atoms with Gasteiger partial charge in [-0.05, 0) is 25.3 Å². The molecule has 23 heavy (non-hydrogen) atoms. The van der Waals surface area contributed by atoms with Crippen LogP contribution in [0, 0.1) is 0 Å². The van der Waals surface area contributed by atoms with Gasteiger partial charge in [0.05, 0.1) is 11.8 Å². The number of thioether (sulfide) groups is 1. The van der Waals surface area contributed by atoms with E-state index in [-0.39, 0.29) is 11.9 Å². The topological polar surface area (TPSA) is 59.8 Å². The lowest BCUT2D eigenvalue weighted by Crippen LogP contribution is -2.28. The number of rotatable bonds is 5. The summed E-state index contributed by atoms with van der Waals surface area (Å²) in [5.74, 6) is 1.45. The molecule has 1 aromatic carbocycles. The minimum atomic E-state index is 0.0137. The quantitative estimate of drug-likeness (QED) is 0.856. The van der Waals surface area contributed by atoms with Crippen molar-refractivity contribution in [3.05, 3.63) is 41.7 Å². The third kappa shape index (κ3) is 4.13. The van der Waals surface area contributed by atoms with Crippen LogP contribution in [0.4, 0.5) is 0 Å². The van der Waals surface area contributed by atoms with Crippen molar-refractivity contribution in [1.82, 2.24) is 20.1 Å². The predicted octanol–water partition coefficient (Wildman–Crippen LogP) is 2.97. The Kier molecular flexibility index (Phi) is 5.33. The molecular formula is C17H22N4OS. The van der Waals surface area contributed by atoms with Crippen molar-refractivity contribution in [2.45, 2.75) is 50.4 Å². The number of benzene rings is 1. The summed E-state index contributed by atoms with van der Waals surface area (Å²) in [6, 6.07) is 10.0. The molecule has 1 aromatic heterocycles. The maximum atomic E-state index is 12.2. The molecule has 0 unspecified atom stereocenters. The monoisotopic (exact) mass is 330 g/mol. The average Bonchev–Trinajstić information content (AvgIpc) is 2.80. The summed E-state index contributed by atoms with van der Waals surface area (Å²) in [4.78, 5) is 12.2. The molecule has 0 fully saturated rings.